The second-order valence-electron chi connectivity index (χ2n) is 3.16. The van der Waals surface area contributed by atoms with Crippen LogP contribution in [0.5, 0.6) is 0 Å². The first-order valence-electron chi connectivity index (χ1n) is 4.72. The predicted octanol–water partition coefficient (Wildman–Crippen LogP) is 0.858. The van der Waals surface area contributed by atoms with Crippen LogP contribution in [0.15, 0.2) is 0 Å². The van der Waals surface area contributed by atoms with Crippen molar-refractivity contribution in [3.63, 3.8) is 0 Å². The molecule has 12 heavy (non-hydrogen) atoms. The summed E-state index contributed by atoms with van der Waals surface area (Å²) < 4.78 is 0. The van der Waals surface area contributed by atoms with Gasteiger partial charge >= 0.3 is 0 Å². The maximum absolute atomic E-state index is 8.42. The Hall–Kier alpha value is -0.520. The highest BCUT2D eigenvalue weighted by atomic mass is 16.2. The molecule has 0 spiro atoms. The number of hydrogen-bond donors (Lipinski definition) is 1. The Bertz CT molecular complexity index is 162. The van der Waals surface area contributed by atoms with Crippen LogP contribution in [0.25, 0.3) is 0 Å². The van der Waals surface area contributed by atoms with Crippen molar-refractivity contribution >= 4 is 0 Å². The monoisotopic (exact) mass is 167 g/mol. The van der Waals surface area contributed by atoms with Crippen LogP contribution in [-0.2, 0) is 0 Å². The van der Waals surface area contributed by atoms with Crippen molar-refractivity contribution in [2.75, 3.05) is 26.2 Å². The second-order valence-corrected chi connectivity index (χ2v) is 3.16. The predicted molar refractivity (Wildman–Crippen MR) is 49.8 cm³/mol. The molecular weight excluding hydrogens is 150 g/mol. The SMILES string of the molecule is OCC#CCCN1CCCCC1. The molecule has 0 aromatic carbocycles. The Labute approximate surface area is 74.6 Å². The number of nitrogens with zero attached hydrogens (tertiary/aromatic N) is 1. The first-order chi connectivity index (χ1) is 5.93. The fraction of sp³-hybridized carbons (Fsp3) is 0.800. The molecule has 1 fully saturated rings. The standard InChI is InChI=1S/C10H17NO/c12-10-6-2-5-9-11-7-3-1-4-8-11/h12H,1,3-5,7-10H2. The average Bonchev–Trinajstić information content (AvgIpc) is 2.14. The van der Waals surface area contributed by atoms with Gasteiger partial charge in [-0.2, -0.15) is 0 Å². The van der Waals surface area contributed by atoms with Gasteiger partial charge in [-0.3, -0.25) is 0 Å². The Morgan fingerprint density at radius 3 is 2.50 bits per heavy atom. The van der Waals surface area contributed by atoms with Crippen molar-refractivity contribution in [1.29, 1.82) is 0 Å². The molecule has 1 rings (SSSR count). The van der Waals surface area contributed by atoms with E-state index in [1.165, 1.54) is 32.4 Å². The summed E-state index contributed by atoms with van der Waals surface area (Å²) in [5, 5.41) is 8.42. The van der Waals surface area contributed by atoms with E-state index in [1.54, 1.807) is 0 Å². The second kappa shape index (κ2) is 6.05. The quantitative estimate of drug-likeness (QED) is 0.617. The summed E-state index contributed by atoms with van der Waals surface area (Å²) >= 11 is 0. The zero-order chi connectivity index (χ0) is 8.65. The number of aliphatic hydroxyl groups excluding tert-OH is 1. The smallest absolute Gasteiger partial charge is 0.104 e. The van der Waals surface area contributed by atoms with Gasteiger partial charge < -0.3 is 10.0 Å². The summed E-state index contributed by atoms with van der Waals surface area (Å²) in [5.74, 6) is 5.61. The van der Waals surface area contributed by atoms with Crippen molar-refractivity contribution in [2.24, 2.45) is 0 Å². The molecule has 1 heterocycles. The van der Waals surface area contributed by atoms with Crippen molar-refractivity contribution in [3.05, 3.63) is 0 Å². The normalized spacial score (nSPS) is 18.4. The fourth-order valence-electron chi connectivity index (χ4n) is 1.54. The average molecular weight is 167 g/mol. The topological polar surface area (TPSA) is 23.5 Å². The highest BCUT2D eigenvalue weighted by Gasteiger charge is 2.07. The van der Waals surface area contributed by atoms with Crippen molar-refractivity contribution in [2.45, 2.75) is 25.7 Å². The minimum atomic E-state index is 0. The zero-order valence-electron chi connectivity index (χ0n) is 7.55. The molecule has 68 valence electrons. The molecule has 0 bridgehead atoms. The van der Waals surface area contributed by atoms with Gasteiger partial charge in [0.05, 0.1) is 0 Å². The van der Waals surface area contributed by atoms with E-state index in [2.05, 4.69) is 16.7 Å². The van der Waals surface area contributed by atoms with Gasteiger partial charge in [0.25, 0.3) is 0 Å². The lowest BCUT2D eigenvalue weighted by Gasteiger charge is -2.25. The molecule has 1 saturated heterocycles. The Kier molecular flexibility index (Phi) is 4.82. The summed E-state index contributed by atoms with van der Waals surface area (Å²) in [6.45, 7) is 3.55. The van der Waals surface area contributed by atoms with Crippen LogP contribution in [0, 0.1) is 11.8 Å². The Balaban J connectivity index is 2.05. The molecule has 2 heteroatoms. The third-order valence-corrected chi connectivity index (χ3v) is 2.21. The van der Waals surface area contributed by atoms with Crippen LogP contribution in [0.4, 0.5) is 0 Å². The van der Waals surface area contributed by atoms with Crippen LogP contribution >= 0.6 is 0 Å². The third kappa shape index (κ3) is 3.75. The molecule has 0 saturated carbocycles. The molecule has 1 N–H and O–H groups in total. The molecule has 0 unspecified atom stereocenters. The largest absolute Gasteiger partial charge is 0.384 e. The highest BCUT2D eigenvalue weighted by Crippen LogP contribution is 2.08. The van der Waals surface area contributed by atoms with Gasteiger partial charge in [-0.25, -0.2) is 0 Å². The maximum atomic E-state index is 8.42. The first-order valence-corrected chi connectivity index (χ1v) is 4.72. The van der Waals surface area contributed by atoms with Gasteiger partial charge in [0.2, 0.25) is 0 Å². The lowest BCUT2D eigenvalue weighted by molar-refractivity contribution is 0.234. The lowest BCUT2D eigenvalue weighted by Crippen LogP contribution is -2.30. The number of rotatable bonds is 2. The van der Waals surface area contributed by atoms with E-state index < -0.39 is 0 Å². The molecule has 0 amide bonds. The summed E-state index contributed by atoms with van der Waals surface area (Å²) in [6.07, 6.45) is 4.97. The fourth-order valence-corrected chi connectivity index (χ4v) is 1.54. The van der Waals surface area contributed by atoms with Gasteiger partial charge in [0, 0.05) is 13.0 Å². The van der Waals surface area contributed by atoms with Crippen LogP contribution in [0.1, 0.15) is 25.7 Å². The van der Waals surface area contributed by atoms with E-state index in [9.17, 15) is 0 Å². The lowest BCUT2D eigenvalue weighted by atomic mass is 10.1. The third-order valence-electron chi connectivity index (χ3n) is 2.21. The van der Waals surface area contributed by atoms with Gasteiger partial charge in [-0.05, 0) is 25.9 Å². The zero-order valence-corrected chi connectivity index (χ0v) is 7.55. The molecular formula is C10H17NO. The molecule has 0 aromatic heterocycles. The van der Waals surface area contributed by atoms with Gasteiger partial charge in [-0.15, -0.1) is 0 Å². The minimum Gasteiger partial charge on any atom is -0.384 e. The molecule has 0 atom stereocenters. The molecule has 0 radical (unpaired) electrons. The van der Waals surface area contributed by atoms with Crippen LogP contribution in [0.3, 0.4) is 0 Å². The van der Waals surface area contributed by atoms with E-state index >= 15 is 0 Å². The summed E-state index contributed by atoms with van der Waals surface area (Å²) in [5.41, 5.74) is 0. The van der Waals surface area contributed by atoms with Crippen LogP contribution in [0.2, 0.25) is 0 Å². The van der Waals surface area contributed by atoms with Crippen molar-refractivity contribution in [3.8, 4) is 11.8 Å². The van der Waals surface area contributed by atoms with Crippen LogP contribution in [-0.4, -0.2) is 36.2 Å². The summed E-state index contributed by atoms with van der Waals surface area (Å²) in [4.78, 5) is 2.45. The first kappa shape index (κ1) is 9.57. The van der Waals surface area contributed by atoms with E-state index in [0.29, 0.717) is 0 Å². The molecule has 2 nitrogen and oxygen atoms in total. The molecule has 0 aromatic rings. The Morgan fingerprint density at radius 2 is 1.83 bits per heavy atom. The number of piperidine rings is 1. The van der Waals surface area contributed by atoms with Crippen LogP contribution < -0.4 is 0 Å². The van der Waals surface area contributed by atoms with Gasteiger partial charge in [0.1, 0.15) is 6.61 Å². The molecule has 1 aliphatic heterocycles. The Morgan fingerprint density at radius 1 is 1.08 bits per heavy atom. The number of hydrogen-bond acceptors (Lipinski definition) is 2. The minimum absolute atomic E-state index is 0. The van der Waals surface area contributed by atoms with E-state index in [0.717, 1.165) is 13.0 Å². The summed E-state index contributed by atoms with van der Waals surface area (Å²) in [7, 11) is 0. The van der Waals surface area contributed by atoms with E-state index in [1.807, 2.05) is 0 Å². The van der Waals surface area contributed by atoms with Crippen molar-refractivity contribution < 1.29 is 5.11 Å². The molecule has 1 aliphatic rings. The number of aliphatic hydroxyl groups is 1. The maximum Gasteiger partial charge on any atom is 0.104 e. The highest BCUT2D eigenvalue weighted by molar-refractivity contribution is 4.98. The van der Waals surface area contributed by atoms with E-state index in [4.69, 9.17) is 5.11 Å². The molecule has 0 aliphatic carbocycles. The van der Waals surface area contributed by atoms with Gasteiger partial charge in [0.15, 0.2) is 0 Å². The summed E-state index contributed by atoms with van der Waals surface area (Å²) in [6, 6.07) is 0. The van der Waals surface area contributed by atoms with Gasteiger partial charge in [-0.1, -0.05) is 18.3 Å². The number of likely N-dealkylation sites (tertiary alicyclic amines) is 1. The van der Waals surface area contributed by atoms with Crippen molar-refractivity contribution in [1.82, 2.24) is 4.90 Å². The van der Waals surface area contributed by atoms with E-state index in [-0.39, 0.29) is 6.61 Å².